The molecule has 3 nitrogen and oxygen atoms in total. The first-order valence-corrected chi connectivity index (χ1v) is 5.18. The van der Waals surface area contributed by atoms with Gasteiger partial charge < -0.3 is 0 Å². The van der Waals surface area contributed by atoms with Crippen molar-refractivity contribution in [2.45, 2.75) is 0 Å². The zero-order chi connectivity index (χ0) is 10.3. The van der Waals surface area contributed by atoms with E-state index in [1.807, 2.05) is 0 Å². The monoisotopic (exact) mass is 247 g/mol. The first-order valence-electron chi connectivity index (χ1n) is 3.61. The molecule has 6 heteroatoms. The predicted molar refractivity (Wildman–Crippen MR) is 58.5 cm³/mol. The summed E-state index contributed by atoms with van der Waals surface area (Å²) in [5.74, 6) is 0. The molecule has 0 amide bonds. The van der Waals surface area contributed by atoms with Crippen molar-refractivity contribution >= 4 is 49.6 Å². The van der Waals surface area contributed by atoms with Gasteiger partial charge in [-0.1, -0.05) is 34.5 Å². The molecular weight excluding hydrogens is 245 g/mol. The number of fused-ring (bicyclic) bond motifs is 1. The van der Waals surface area contributed by atoms with Crippen LogP contribution in [-0.2, 0) is 0 Å². The molecule has 0 radical (unpaired) electrons. The summed E-state index contributed by atoms with van der Waals surface area (Å²) in [6.07, 6.45) is 0. The average Bonchev–Trinajstić information content (AvgIpc) is 2.47. The molecule has 0 saturated carbocycles. The van der Waals surface area contributed by atoms with Gasteiger partial charge in [0.1, 0.15) is 0 Å². The van der Waals surface area contributed by atoms with Crippen LogP contribution in [0, 0.1) is 10.1 Å². The second-order valence-corrected chi connectivity index (χ2v) is 4.52. The zero-order valence-corrected chi connectivity index (χ0v) is 8.99. The van der Waals surface area contributed by atoms with Crippen LogP contribution in [-0.4, -0.2) is 4.92 Å². The Bertz CT molecular complexity index is 523. The number of rotatable bonds is 1. The van der Waals surface area contributed by atoms with Gasteiger partial charge in [0.05, 0.1) is 14.6 Å². The Kier molecular flexibility index (Phi) is 2.34. The molecule has 0 aliphatic heterocycles. The third-order valence-corrected chi connectivity index (χ3v) is 3.47. The van der Waals surface area contributed by atoms with E-state index in [-0.39, 0.29) is 5.00 Å². The highest BCUT2D eigenvalue weighted by molar-refractivity contribution is 7.22. The number of nitrogens with zero attached hydrogens (tertiary/aromatic N) is 1. The van der Waals surface area contributed by atoms with Crippen molar-refractivity contribution in [3.63, 3.8) is 0 Å². The Morgan fingerprint density at radius 3 is 2.64 bits per heavy atom. The standard InChI is InChI=1S/C8H3Cl2NO2S/c9-5-1-4-2-7(11(12)13)14-8(4)6(10)3-5/h1-3H. The summed E-state index contributed by atoms with van der Waals surface area (Å²) in [6, 6.07) is 4.70. The molecule has 2 rings (SSSR count). The Morgan fingerprint density at radius 2 is 2.00 bits per heavy atom. The largest absolute Gasteiger partial charge is 0.325 e. The lowest BCUT2D eigenvalue weighted by atomic mass is 10.3. The van der Waals surface area contributed by atoms with E-state index in [0.717, 1.165) is 11.3 Å². The van der Waals surface area contributed by atoms with Crippen LogP contribution in [0.1, 0.15) is 0 Å². The molecular formula is C8H3Cl2NO2S. The summed E-state index contributed by atoms with van der Waals surface area (Å²) in [5, 5.41) is 12.2. The van der Waals surface area contributed by atoms with Crippen LogP contribution in [0.3, 0.4) is 0 Å². The van der Waals surface area contributed by atoms with Crippen molar-refractivity contribution in [2.24, 2.45) is 0 Å². The Labute approximate surface area is 93.0 Å². The lowest BCUT2D eigenvalue weighted by molar-refractivity contribution is -0.380. The summed E-state index contributed by atoms with van der Waals surface area (Å²) < 4.78 is 0.697. The van der Waals surface area contributed by atoms with E-state index in [2.05, 4.69) is 0 Å². The maximum absolute atomic E-state index is 10.5. The maximum atomic E-state index is 10.5. The van der Waals surface area contributed by atoms with Gasteiger partial charge in [0.15, 0.2) is 0 Å². The summed E-state index contributed by atoms with van der Waals surface area (Å²) in [4.78, 5) is 10.1. The van der Waals surface area contributed by atoms with Crippen LogP contribution in [0.25, 0.3) is 10.1 Å². The van der Waals surface area contributed by atoms with Crippen molar-refractivity contribution in [1.82, 2.24) is 0 Å². The minimum Gasteiger partial charge on any atom is -0.258 e. The highest BCUT2D eigenvalue weighted by atomic mass is 35.5. The summed E-state index contributed by atoms with van der Waals surface area (Å²) in [6.45, 7) is 0. The minimum atomic E-state index is -0.436. The van der Waals surface area contributed by atoms with E-state index >= 15 is 0 Å². The molecule has 1 heterocycles. The second kappa shape index (κ2) is 3.38. The average molecular weight is 248 g/mol. The first-order chi connectivity index (χ1) is 6.58. The summed E-state index contributed by atoms with van der Waals surface area (Å²) in [5.41, 5.74) is 0. The quantitative estimate of drug-likeness (QED) is 0.562. The Hall–Kier alpha value is -0.840. The fraction of sp³-hybridized carbons (Fsp3) is 0. The molecule has 72 valence electrons. The summed E-state index contributed by atoms with van der Waals surface area (Å²) in [7, 11) is 0. The van der Waals surface area contributed by atoms with E-state index in [0.29, 0.717) is 20.1 Å². The van der Waals surface area contributed by atoms with Gasteiger partial charge >= 0.3 is 5.00 Å². The van der Waals surface area contributed by atoms with Gasteiger partial charge in [-0.05, 0) is 12.1 Å². The fourth-order valence-electron chi connectivity index (χ4n) is 1.15. The molecule has 14 heavy (non-hydrogen) atoms. The van der Waals surface area contributed by atoms with Crippen molar-refractivity contribution in [1.29, 1.82) is 0 Å². The molecule has 1 aromatic heterocycles. The van der Waals surface area contributed by atoms with Gasteiger partial charge in [0, 0.05) is 16.5 Å². The highest BCUT2D eigenvalue weighted by Gasteiger charge is 2.13. The van der Waals surface area contributed by atoms with Crippen LogP contribution in [0.5, 0.6) is 0 Å². The van der Waals surface area contributed by atoms with Crippen LogP contribution in [0.2, 0.25) is 10.0 Å². The number of nitro groups is 1. The number of thiophene rings is 1. The molecule has 0 aliphatic rings. The van der Waals surface area contributed by atoms with Gasteiger partial charge in [0.25, 0.3) is 0 Å². The minimum absolute atomic E-state index is 0.0733. The number of halogens is 2. The van der Waals surface area contributed by atoms with Crippen molar-refractivity contribution < 1.29 is 4.92 Å². The maximum Gasteiger partial charge on any atom is 0.325 e. The van der Waals surface area contributed by atoms with Crippen molar-refractivity contribution in [2.75, 3.05) is 0 Å². The third-order valence-electron chi connectivity index (χ3n) is 1.70. The van der Waals surface area contributed by atoms with E-state index in [1.54, 1.807) is 12.1 Å². The number of hydrogen-bond acceptors (Lipinski definition) is 3. The van der Waals surface area contributed by atoms with Crippen molar-refractivity contribution in [3.8, 4) is 0 Å². The normalized spacial score (nSPS) is 10.7. The Balaban J connectivity index is 2.76. The zero-order valence-electron chi connectivity index (χ0n) is 6.66. The second-order valence-electron chi connectivity index (χ2n) is 2.65. The molecule has 0 saturated heterocycles. The van der Waals surface area contributed by atoms with Gasteiger partial charge in [0.2, 0.25) is 0 Å². The topological polar surface area (TPSA) is 43.1 Å². The summed E-state index contributed by atoms with van der Waals surface area (Å²) >= 11 is 12.7. The molecule has 0 atom stereocenters. The fourth-order valence-corrected chi connectivity index (χ4v) is 2.64. The molecule has 0 bridgehead atoms. The van der Waals surface area contributed by atoms with Crippen LogP contribution >= 0.6 is 34.5 Å². The van der Waals surface area contributed by atoms with Gasteiger partial charge in [-0.15, -0.1) is 0 Å². The molecule has 2 aromatic rings. The SMILES string of the molecule is O=[N+]([O-])c1cc2cc(Cl)cc(Cl)c2s1. The lowest BCUT2D eigenvalue weighted by Crippen LogP contribution is -1.80. The molecule has 0 spiro atoms. The third kappa shape index (κ3) is 1.56. The predicted octanol–water partition coefficient (Wildman–Crippen LogP) is 4.12. The van der Waals surface area contributed by atoms with Gasteiger partial charge in [-0.3, -0.25) is 10.1 Å². The van der Waals surface area contributed by atoms with Crippen molar-refractivity contribution in [3.05, 3.63) is 38.4 Å². The van der Waals surface area contributed by atoms with Gasteiger partial charge in [-0.2, -0.15) is 0 Å². The van der Waals surface area contributed by atoms with Crippen LogP contribution < -0.4 is 0 Å². The van der Waals surface area contributed by atoms with E-state index in [9.17, 15) is 10.1 Å². The molecule has 0 N–H and O–H groups in total. The van der Waals surface area contributed by atoms with E-state index < -0.39 is 4.92 Å². The lowest BCUT2D eigenvalue weighted by Gasteiger charge is -1.93. The molecule has 0 unspecified atom stereocenters. The van der Waals surface area contributed by atoms with E-state index in [4.69, 9.17) is 23.2 Å². The highest BCUT2D eigenvalue weighted by Crippen LogP contribution is 2.37. The first kappa shape index (κ1) is 9.71. The molecule has 1 aromatic carbocycles. The smallest absolute Gasteiger partial charge is 0.258 e. The number of hydrogen-bond donors (Lipinski definition) is 0. The van der Waals surface area contributed by atoms with E-state index in [1.165, 1.54) is 6.07 Å². The van der Waals surface area contributed by atoms with Crippen LogP contribution in [0.15, 0.2) is 18.2 Å². The Morgan fingerprint density at radius 1 is 1.29 bits per heavy atom. The number of benzene rings is 1. The van der Waals surface area contributed by atoms with Gasteiger partial charge in [-0.25, -0.2) is 0 Å². The van der Waals surface area contributed by atoms with Crippen LogP contribution in [0.4, 0.5) is 5.00 Å². The molecule has 0 aliphatic carbocycles. The molecule has 0 fully saturated rings.